The molecule has 0 aromatic rings. The van der Waals surface area contributed by atoms with Crippen LogP contribution in [0, 0.1) is 11.8 Å². The summed E-state index contributed by atoms with van der Waals surface area (Å²) in [5.41, 5.74) is 5.64. The molecule has 2 amide bonds. The number of aliphatic hydroxyl groups is 2. The predicted molar refractivity (Wildman–Crippen MR) is 148 cm³/mol. The van der Waals surface area contributed by atoms with Crippen molar-refractivity contribution in [1.82, 2.24) is 5.32 Å². The van der Waals surface area contributed by atoms with Crippen LogP contribution in [-0.4, -0.2) is 86.1 Å². The van der Waals surface area contributed by atoms with Gasteiger partial charge in [-0.25, -0.2) is 4.79 Å². The van der Waals surface area contributed by atoms with Gasteiger partial charge in [-0.3, -0.25) is 14.4 Å². The van der Waals surface area contributed by atoms with E-state index in [0.717, 1.165) is 6.08 Å². The predicted octanol–water partition coefficient (Wildman–Crippen LogP) is 1.38. The lowest BCUT2D eigenvalue weighted by Crippen LogP contribution is -2.38. The SMILES string of the molecule is COC1=C2C[C@@H](C)C[C@H](OC)[C@H](O)[C@@H](C)/C=C(\CO)[C@H](OC(N)=O)[C@@H](OC)/C=C\C=C(/C)C(=O)NC(=CC1=O)C2=O. The number of fused-ring (bicyclic) bond motifs is 2. The smallest absolute Gasteiger partial charge is 0.405 e. The molecule has 1 aliphatic carbocycles. The fourth-order valence-electron chi connectivity index (χ4n) is 4.78. The van der Waals surface area contributed by atoms with Crippen molar-refractivity contribution in [2.24, 2.45) is 17.6 Å². The van der Waals surface area contributed by atoms with Crippen LogP contribution in [0.5, 0.6) is 0 Å². The highest BCUT2D eigenvalue weighted by Crippen LogP contribution is 2.29. The summed E-state index contributed by atoms with van der Waals surface area (Å²) in [5, 5.41) is 23.8. The van der Waals surface area contributed by atoms with E-state index in [1.807, 2.05) is 6.92 Å². The number of carbonyl (C=O) groups excluding carboxylic acids is 4. The summed E-state index contributed by atoms with van der Waals surface area (Å²) in [7, 11) is 4.09. The highest BCUT2D eigenvalue weighted by molar-refractivity contribution is 6.23. The Morgan fingerprint density at radius 2 is 1.83 bits per heavy atom. The summed E-state index contributed by atoms with van der Waals surface area (Å²) in [6, 6.07) is 0. The van der Waals surface area contributed by atoms with Gasteiger partial charge in [0.05, 0.1) is 31.6 Å². The molecule has 12 heteroatoms. The van der Waals surface area contributed by atoms with Gasteiger partial charge in [-0.2, -0.15) is 0 Å². The third kappa shape index (κ3) is 8.70. The van der Waals surface area contributed by atoms with Crippen LogP contribution in [0.25, 0.3) is 0 Å². The lowest BCUT2D eigenvalue weighted by molar-refractivity contribution is -0.120. The molecule has 6 atom stereocenters. The van der Waals surface area contributed by atoms with E-state index >= 15 is 0 Å². The zero-order chi connectivity index (χ0) is 30.9. The minimum Gasteiger partial charge on any atom is -0.492 e. The Morgan fingerprint density at radius 1 is 1.15 bits per heavy atom. The van der Waals surface area contributed by atoms with Gasteiger partial charge < -0.3 is 40.2 Å². The van der Waals surface area contributed by atoms with E-state index in [-0.39, 0.29) is 46.9 Å². The maximum absolute atomic E-state index is 13.3. The molecule has 226 valence electrons. The molecule has 0 spiro atoms. The number of Topliss-reactive ketones (excluding diaryl/α,β-unsaturated/α-hetero) is 1. The van der Waals surface area contributed by atoms with Crippen LogP contribution in [0.4, 0.5) is 4.79 Å². The molecular formula is C29H40N2O10. The molecule has 0 fully saturated rings. The van der Waals surface area contributed by atoms with Crippen LogP contribution >= 0.6 is 0 Å². The molecule has 41 heavy (non-hydrogen) atoms. The van der Waals surface area contributed by atoms with Crippen LogP contribution in [0.3, 0.4) is 0 Å². The fourth-order valence-corrected chi connectivity index (χ4v) is 4.78. The summed E-state index contributed by atoms with van der Waals surface area (Å²) in [4.78, 5) is 50.7. The summed E-state index contributed by atoms with van der Waals surface area (Å²) in [5.74, 6) is -2.70. The number of allylic oxidation sites excluding steroid dienone is 4. The largest absolute Gasteiger partial charge is 0.492 e. The number of rotatable bonds is 5. The number of methoxy groups -OCH3 is 3. The van der Waals surface area contributed by atoms with Gasteiger partial charge in [0, 0.05) is 37.4 Å². The van der Waals surface area contributed by atoms with Gasteiger partial charge in [-0.1, -0.05) is 38.2 Å². The second-order valence-electron chi connectivity index (χ2n) is 10.1. The van der Waals surface area contributed by atoms with E-state index in [2.05, 4.69) is 5.32 Å². The molecule has 5 N–H and O–H groups in total. The summed E-state index contributed by atoms with van der Waals surface area (Å²) in [6.07, 6.45) is 2.41. The number of primary amides is 1. The first-order chi connectivity index (χ1) is 19.4. The quantitative estimate of drug-likeness (QED) is 0.275. The Bertz CT molecular complexity index is 1170. The molecule has 0 saturated heterocycles. The second-order valence-corrected chi connectivity index (χ2v) is 10.1. The molecule has 0 saturated carbocycles. The van der Waals surface area contributed by atoms with Crippen molar-refractivity contribution in [3.63, 3.8) is 0 Å². The summed E-state index contributed by atoms with van der Waals surface area (Å²) in [6.45, 7) is 4.50. The number of carbonyl (C=O) groups is 4. The number of ether oxygens (including phenoxy) is 4. The third-order valence-electron chi connectivity index (χ3n) is 7.00. The molecule has 1 heterocycles. The number of nitrogens with one attached hydrogen (secondary N) is 1. The average Bonchev–Trinajstić information content (AvgIpc) is 2.93. The van der Waals surface area contributed by atoms with Gasteiger partial charge in [-0.05, 0) is 31.3 Å². The number of aliphatic hydroxyl groups excluding tert-OH is 2. The third-order valence-corrected chi connectivity index (χ3v) is 7.00. The van der Waals surface area contributed by atoms with Crippen LogP contribution in [-0.2, 0) is 33.3 Å². The van der Waals surface area contributed by atoms with Crippen molar-refractivity contribution < 1.29 is 48.3 Å². The van der Waals surface area contributed by atoms with E-state index in [0.29, 0.717) is 0 Å². The average molecular weight is 577 g/mol. The van der Waals surface area contributed by atoms with E-state index in [4.69, 9.17) is 24.7 Å². The molecule has 0 aromatic carbocycles. The standard InChI is InChI=1S/C29H40N2O10/c1-15-10-19-25(35)20(13-21(33)27(19)40-6)31-28(36)16(2)8-7-9-22(38-4)26(41-29(30)37)18(14-32)12-17(3)24(34)23(11-15)39-5/h7-9,12-13,15,17,22-24,26,32,34H,10-11,14H2,1-6H3,(H2,30,37)(H,31,36)/b9-7-,16-8+,18-12+/t15-,17+,22+,23+,24-,26+/m1/s1. The number of hydrogen-bond acceptors (Lipinski definition) is 10. The topological polar surface area (TPSA) is 184 Å². The molecule has 2 aliphatic rings. The second kappa shape index (κ2) is 15.4. The Hall–Kier alpha value is -3.58. The normalized spacial score (nSPS) is 32.2. The highest BCUT2D eigenvalue weighted by atomic mass is 16.6. The summed E-state index contributed by atoms with van der Waals surface area (Å²) >= 11 is 0. The highest BCUT2D eigenvalue weighted by Gasteiger charge is 2.34. The van der Waals surface area contributed by atoms with E-state index < -0.39 is 60.5 Å². The van der Waals surface area contributed by atoms with Gasteiger partial charge in [0.2, 0.25) is 11.6 Å². The van der Waals surface area contributed by atoms with Gasteiger partial charge in [0.15, 0.2) is 11.9 Å². The molecular weight excluding hydrogens is 536 g/mol. The van der Waals surface area contributed by atoms with Crippen molar-refractivity contribution in [2.45, 2.75) is 58.0 Å². The number of hydrogen-bond donors (Lipinski definition) is 4. The van der Waals surface area contributed by atoms with Gasteiger partial charge in [-0.15, -0.1) is 0 Å². The molecule has 1 aliphatic heterocycles. The van der Waals surface area contributed by atoms with Gasteiger partial charge in [0.25, 0.3) is 5.91 Å². The Morgan fingerprint density at radius 3 is 2.39 bits per heavy atom. The van der Waals surface area contributed by atoms with Crippen molar-refractivity contribution in [2.75, 3.05) is 27.9 Å². The first-order valence-electron chi connectivity index (χ1n) is 13.1. The zero-order valence-electron chi connectivity index (χ0n) is 24.2. The fraction of sp³-hybridized carbons (Fsp3) is 0.517. The Kier molecular flexibility index (Phi) is 12.7. The molecule has 0 unspecified atom stereocenters. The van der Waals surface area contributed by atoms with Crippen molar-refractivity contribution >= 4 is 23.6 Å². The van der Waals surface area contributed by atoms with Crippen LogP contribution in [0.1, 0.15) is 33.6 Å². The van der Waals surface area contributed by atoms with E-state index in [9.17, 15) is 29.4 Å². The van der Waals surface area contributed by atoms with Crippen LogP contribution < -0.4 is 11.1 Å². The van der Waals surface area contributed by atoms with Crippen LogP contribution in [0.15, 0.2) is 58.6 Å². The number of ketones is 2. The van der Waals surface area contributed by atoms with Crippen molar-refractivity contribution in [1.29, 1.82) is 0 Å². The molecule has 0 aromatic heterocycles. The van der Waals surface area contributed by atoms with Crippen LogP contribution in [0.2, 0.25) is 0 Å². The maximum atomic E-state index is 13.3. The number of amides is 2. The first kappa shape index (κ1) is 33.6. The monoisotopic (exact) mass is 576 g/mol. The number of nitrogens with two attached hydrogens (primary N) is 1. The van der Waals surface area contributed by atoms with Gasteiger partial charge >= 0.3 is 6.09 Å². The van der Waals surface area contributed by atoms with Crippen molar-refractivity contribution in [3.05, 3.63) is 58.6 Å². The maximum Gasteiger partial charge on any atom is 0.405 e. The lowest BCUT2D eigenvalue weighted by atomic mass is 9.85. The molecule has 0 radical (unpaired) electrons. The lowest BCUT2D eigenvalue weighted by Gasteiger charge is -2.30. The van der Waals surface area contributed by atoms with E-state index in [1.54, 1.807) is 13.0 Å². The Labute approximate surface area is 239 Å². The Balaban J connectivity index is 2.64. The minimum atomic E-state index is -1.15. The van der Waals surface area contributed by atoms with E-state index in [1.165, 1.54) is 46.5 Å². The molecule has 2 bridgehead atoms. The molecule has 12 nitrogen and oxygen atoms in total. The summed E-state index contributed by atoms with van der Waals surface area (Å²) < 4.78 is 21.6. The minimum absolute atomic E-state index is 0.106. The van der Waals surface area contributed by atoms with Gasteiger partial charge in [0.1, 0.15) is 6.10 Å². The molecule has 2 rings (SSSR count). The van der Waals surface area contributed by atoms with Crippen molar-refractivity contribution in [3.8, 4) is 0 Å². The first-order valence-corrected chi connectivity index (χ1v) is 13.1. The zero-order valence-corrected chi connectivity index (χ0v) is 24.2.